The molecule has 1 aliphatic heterocycles. The molecule has 0 radical (unpaired) electrons. The first-order chi connectivity index (χ1) is 16.9. The maximum atomic E-state index is 13.5. The summed E-state index contributed by atoms with van der Waals surface area (Å²) in [5, 5.41) is 4.21. The molecule has 11 nitrogen and oxygen atoms in total. The number of hydrogen-bond donors (Lipinski definition) is 1. The molecule has 1 atom stereocenters. The fourth-order valence-corrected chi connectivity index (χ4v) is 4.58. The summed E-state index contributed by atoms with van der Waals surface area (Å²) >= 11 is 0. The Morgan fingerprint density at radius 3 is 2.89 bits per heavy atom. The normalized spacial score (nSPS) is 16.0. The van der Waals surface area contributed by atoms with Crippen LogP contribution in [0.3, 0.4) is 0 Å². The van der Waals surface area contributed by atoms with Crippen LogP contribution >= 0.6 is 0 Å². The number of hydrogen-bond acceptors (Lipinski definition) is 8. The number of benzene rings is 1. The van der Waals surface area contributed by atoms with Crippen LogP contribution in [0.2, 0.25) is 0 Å². The number of anilines is 1. The van der Waals surface area contributed by atoms with Gasteiger partial charge in [-0.1, -0.05) is 12.0 Å². The molecule has 1 aliphatic rings. The van der Waals surface area contributed by atoms with Gasteiger partial charge in [0.15, 0.2) is 11.4 Å². The van der Waals surface area contributed by atoms with E-state index in [2.05, 4.69) is 26.8 Å². The Bertz CT molecular complexity index is 1630. The first kappa shape index (κ1) is 22.6. The average molecular weight is 476 g/mol. The molecular weight excluding hydrogens is 450 g/mol. The predicted octanol–water partition coefficient (Wildman–Crippen LogP) is 0.872. The second-order valence-corrected chi connectivity index (χ2v) is 8.62. The Morgan fingerprint density at radius 2 is 2.11 bits per heavy atom. The molecule has 4 heterocycles. The molecule has 3 aromatic heterocycles. The molecular formula is C24H25N7O4. The maximum absolute atomic E-state index is 13.5. The number of nitrogens with zero attached hydrogens (tertiary/aromatic N) is 6. The molecule has 2 N–H and O–H groups in total. The number of imidazole rings is 1. The number of nitrogens with two attached hydrogens (primary N) is 1. The van der Waals surface area contributed by atoms with Crippen molar-refractivity contribution in [3.05, 3.63) is 50.9 Å². The molecule has 0 spiro atoms. The lowest BCUT2D eigenvalue weighted by Crippen LogP contribution is -2.44. The SMILES string of the molecule is CC#CCn1c(N2CCCC(N)C2)nc2cnn(CC(=O)c3cccc4oc(=O)n(C)c34)c(=O)c21. The second kappa shape index (κ2) is 8.88. The Balaban J connectivity index is 1.57. The van der Waals surface area contributed by atoms with Crippen molar-refractivity contribution >= 4 is 33.9 Å². The fraction of sp³-hybridized carbons (Fsp3) is 0.375. The van der Waals surface area contributed by atoms with Crippen LogP contribution < -0.4 is 21.9 Å². The number of rotatable bonds is 5. The molecule has 4 aromatic rings. The Labute approximate surface area is 199 Å². The molecule has 0 bridgehead atoms. The number of fused-ring (bicyclic) bond motifs is 2. The van der Waals surface area contributed by atoms with E-state index in [1.54, 1.807) is 29.7 Å². The van der Waals surface area contributed by atoms with Crippen molar-refractivity contribution < 1.29 is 9.21 Å². The summed E-state index contributed by atoms with van der Waals surface area (Å²) < 4.78 is 9.34. The summed E-state index contributed by atoms with van der Waals surface area (Å²) in [4.78, 5) is 45.4. The van der Waals surface area contributed by atoms with Crippen LogP contribution in [0, 0.1) is 11.8 Å². The van der Waals surface area contributed by atoms with Gasteiger partial charge in [-0.15, -0.1) is 5.92 Å². The van der Waals surface area contributed by atoms with Crippen LogP contribution in [0.1, 0.15) is 30.1 Å². The van der Waals surface area contributed by atoms with Crippen molar-refractivity contribution in [2.24, 2.45) is 12.8 Å². The first-order valence-electron chi connectivity index (χ1n) is 11.4. The van der Waals surface area contributed by atoms with Crippen molar-refractivity contribution in [2.45, 2.75) is 38.9 Å². The summed E-state index contributed by atoms with van der Waals surface area (Å²) in [5.41, 5.74) is 7.46. The average Bonchev–Trinajstić information content (AvgIpc) is 3.36. The molecule has 5 rings (SSSR count). The zero-order valence-corrected chi connectivity index (χ0v) is 19.5. The summed E-state index contributed by atoms with van der Waals surface area (Å²) in [6.07, 6.45) is 3.36. The highest BCUT2D eigenvalue weighted by molar-refractivity contribution is 6.05. The van der Waals surface area contributed by atoms with Gasteiger partial charge >= 0.3 is 5.76 Å². The summed E-state index contributed by atoms with van der Waals surface area (Å²) in [7, 11) is 1.53. The van der Waals surface area contributed by atoms with Gasteiger partial charge < -0.3 is 15.1 Å². The molecule has 11 heteroatoms. The van der Waals surface area contributed by atoms with Gasteiger partial charge in [-0.2, -0.15) is 5.10 Å². The topological polar surface area (TPSA) is 134 Å². The molecule has 1 saturated heterocycles. The van der Waals surface area contributed by atoms with Crippen molar-refractivity contribution in [3.63, 3.8) is 0 Å². The predicted molar refractivity (Wildman–Crippen MR) is 130 cm³/mol. The summed E-state index contributed by atoms with van der Waals surface area (Å²) in [6, 6.07) is 4.88. The minimum Gasteiger partial charge on any atom is -0.408 e. The lowest BCUT2D eigenvalue weighted by molar-refractivity contribution is 0.0967. The van der Waals surface area contributed by atoms with Crippen LogP contribution in [0.5, 0.6) is 0 Å². The molecule has 1 unspecified atom stereocenters. The standard InChI is InChI=1S/C24H25N7O4/c1-3-4-11-30-21-17(27-23(30)29-10-6-7-15(25)13-29)12-26-31(22(21)33)14-18(32)16-8-5-9-19-20(16)28(2)24(34)35-19/h5,8-9,12,15H,6-7,10-11,13-14,25H2,1-2H3. The van der Waals surface area contributed by atoms with Crippen LogP contribution in [0.15, 0.2) is 38.4 Å². The van der Waals surface area contributed by atoms with E-state index in [0.29, 0.717) is 34.6 Å². The van der Waals surface area contributed by atoms with Crippen molar-refractivity contribution in [2.75, 3.05) is 18.0 Å². The number of piperidine rings is 1. The number of carbonyl (C=O) groups excluding carboxylic acids is 1. The smallest absolute Gasteiger partial charge is 0.408 e. The van der Waals surface area contributed by atoms with Gasteiger partial charge in [0.05, 0.1) is 12.7 Å². The van der Waals surface area contributed by atoms with E-state index in [0.717, 1.165) is 24.1 Å². The van der Waals surface area contributed by atoms with Gasteiger partial charge in [0, 0.05) is 31.7 Å². The minimum absolute atomic E-state index is 0.0308. The van der Waals surface area contributed by atoms with Crippen LogP contribution in [0.4, 0.5) is 5.95 Å². The number of carbonyl (C=O) groups is 1. The van der Waals surface area contributed by atoms with Gasteiger partial charge in [-0.25, -0.2) is 14.5 Å². The van der Waals surface area contributed by atoms with E-state index in [4.69, 9.17) is 10.2 Å². The number of aromatic nitrogens is 5. The lowest BCUT2D eigenvalue weighted by Gasteiger charge is -2.31. The van der Waals surface area contributed by atoms with E-state index in [9.17, 15) is 14.4 Å². The Hall–Kier alpha value is -4.17. The van der Waals surface area contributed by atoms with E-state index in [1.807, 2.05) is 0 Å². The molecule has 180 valence electrons. The van der Waals surface area contributed by atoms with E-state index >= 15 is 0 Å². The number of oxazole rings is 1. The van der Waals surface area contributed by atoms with E-state index in [1.165, 1.54) is 17.8 Å². The molecule has 0 aliphatic carbocycles. The Morgan fingerprint density at radius 1 is 1.29 bits per heavy atom. The largest absolute Gasteiger partial charge is 0.419 e. The van der Waals surface area contributed by atoms with Gasteiger partial charge in [0.2, 0.25) is 5.95 Å². The zero-order valence-electron chi connectivity index (χ0n) is 19.5. The van der Waals surface area contributed by atoms with Crippen LogP contribution in [0.25, 0.3) is 22.1 Å². The highest BCUT2D eigenvalue weighted by Gasteiger charge is 2.25. The summed E-state index contributed by atoms with van der Waals surface area (Å²) in [6.45, 7) is 3.12. The molecule has 35 heavy (non-hydrogen) atoms. The van der Waals surface area contributed by atoms with E-state index in [-0.39, 0.29) is 30.5 Å². The third-order valence-electron chi connectivity index (χ3n) is 6.28. The second-order valence-electron chi connectivity index (χ2n) is 8.62. The monoisotopic (exact) mass is 475 g/mol. The van der Waals surface area contributed by atoms with Gasteiger partial charge in [-0.3, -0.25) is 18.7 Å². The number of ketones is 1. The van der Waals surface area contributed by atoms with Crippen molar-refractivity contribution in [1.82, 2.24) is 23.9 Å². The summed E-state index contributed by atoms with van der Waals surface area (Å²) in [5.74, 6) is 5.56. The number of para-hydroxylation sites is 1. The number of aryl methyl sites for hydroxylation is 1. The van der Waals surface area contributed by atoms with Crippen LogP contribution in [-0.2, 0) is 20.1 Å². The molecule has 0 saturated carbocycles. The lowest BCUT2D eigenvalue weighted by atomic mass is 10.1. The maximum Gasteiger partial charge on any atom is 0.419 e. The third kappa shape index (κ3) is 3.91. The molecule has 1 fully saturated rings. The quantitative estimate of drug-likeness (QED) is 0.332. The van der Waals surface area contributed by atoms with E-state index < -0.39 is 11.3 Å². The van der Waals surface area contributed by atoms with Crippen molar-refractivity contribution in [3.8, 4) is 11.8 Å². The fourth-order valence-electron chi connectivity index (χ4n) is 4.58. The molecule has 0 amide bonds. The van der Waals surface area contributed by atoms with Crippen LogP contribution in [-0.4, -0.2) is 48.8 Å². The highest BCUT2D eigenvalue weighted by Crippen LogP contribution is 2.23. The van der Waals surface area contributed by atoms with Crippen molar-refractivity contribution in [1.29, 1.82) is 0 Å². The van der Waals surface area contributed by atoms with Gasteiger partial charge in [0.1, 0.15) is 23.1 Å². The Kier molecular flexibility index (Phi) is 5.74. The first-order valence-corrected chi connectivity index (χ1v) is 11.4. The minimum atomic E-state index is -0.567. The molecule has 1 aromatic carbocycles. The highest BCUT2D eigenvalue weighted by atomic mass is 16.4. The van der Waals surface area contributed by atoms with Gasteiger partial charge in [-0.05, 0) is 31.9 Å². The van der Waals surface area contributed by atoms with Gasteiger partial charge in [0.25, 0.3) is 5.56 Å². The third-order valence-corrected chi connectivity index (χ3v) is 6.28. The zero-order chi connectivity index (χ0) is 24.7. The number of Topliss-reactive ketones (excluding diaryl/α,β-unsaturated/α-hetero) is 1.